The fourth-order valence-electron chi connectivity index (χ4n) is 1.60. The number of carbonyl (C=O) groups excluding carboxylic acids is 2. The van der Waals surface area contributed by atoms with Crippen LogP contribution in [0.3, 0.4) is 0 Å². The van der Waals surface area contributed by atoms with Crippen LogP contribution in [0.1, 0.15) is 26.2 Å². The molecule has 0 unspecified atom stereocenters. The standard InChI is InChI=1S/C13H27N3O4/c1-3-19-8-9-20-10-12(17)16-11(13(14)18)6-4-5-7-15-2/h11,15H,3-10H2,1-2H3,(H2,14,18)(H,16,17)/t11-/m0/s1. The molecular weight excluding hydrogens is 262 g/mol. The van der Waals surface area contributed by atoms with Crippen LogP contribution in [0.2, 0.25) is 0 Å². The summed E-state index contributed by atoms with van der Waals surface area (Å²) in [6.45, 7) is 4.09. The second-order valence-corrected chi connectivity index (χ2v) is 4.37. The molecule has 0 fully saturated rings. The number of nitrogens with one attached hydrogen (secondary N) is 2. The summed E-state index contributed by atoms with van der Waals surface area (Å²) in [7, 11) is 1.87. The van der Waals surface area contributed by atoms with Crippen LogP contribution < -0.4 is 16.4 Å². The number of rotatable bonds is 13. The Labute approximate surface area is 120 Å². The van der Waals surface area contributed by atoms with E-state index < -0.39 is 11.9 Å². The highest BCUT2D eigenvalue weighted by molar-refractivity contribution is 5.86. The summed E-state index contributed by atoms with van der Waals surface area (Å²) in [4.78, 5) is 22.8. The zero-order chi connectivity index (χ0) is 15.2. The molecule has 4 N–H and O–H groups in total. The lowest BCUT2D eigenvalue weighted by atomic mass is 10.1. The summed E-state index contributed by atoms with van der Waals surface area (Å²) in [5.74, 6) is -0.851. The Morgan fingerprint density at radius 3 is 2.50 bits per heavy atom. The first-order valence-electron chi connectivity index (χ1n) is 7.00. The first kappa shape index (κ1) is 18.8. The first-order chi connectivity index (χ1) is 9.61. The Morgan fingerprint density at radius 1 is 1.20 bits per heavy atom. The van der Waals surface area contributed by atoms with Gasteiger partial charge in [0.05, 0.1) is 13.2 Å². The molecule has 0 bridgehead atoms. The van der Waals surface area contributed by atoms with Crippen molar-refractivity contribution in [2.45, 2.75) is 32.2 Å². The molecule has 0 aliphatic carbocycles. The number of unbranched alkanes of at least 4 members (excludes halogenated alkanes) is 1. The van der Waals surface area contributed by atoms with Crippen LogP contribution in [0, 0.1) is 0 Å². The second-order valence-electron chi connectivity index (χ2n) is 4.37. The van der Waals surface area contributed by atoms with Gasteiger partial charge in [0.1, 0.15) is 12.6 Å². The van der Waals surface area contributed by atoms with E-state index in [4.69, 9.17) is 15.2 Å². The topological polar surface area (TPSA) is 103 Å². The quantitative estimate of drug-likeness (QED) is 0.393. The third-order valence-electron chi connectivity index (χ3n) is 2.66. The molecule has 2 amide bonds. The lowest BCUT2D eigenvalue weighted by Crippen LogP contribution is -2.45. The van der Waals surface area contributed by atoms with Gasteiger partial charge in [-0.3, -0.25) is 9.59 Å². The normalized spacial score (nSPS) is 12.1. The van der Waals surface area contributed by atoms with Gasteiger partial charge < -0.3 is 25.8 Å². The van der Waals surface area contributed by atoms with Crippen LogP contribution in [0.15, 0.2) is 0 Å². The fraction of sp³-hybridized carbons (Fsp3) is 0.846. The maximum absolute atomic E-state index is 11.6. The first-order valence-corrected chi connectivity index (χ1v) is 7.00. The van der Waals surface area contributed by atoms with Gasteiger partial charge in [-0.25, -0.2) is 0 Å². The summed E-state index contributed by atoms with van der Waals surface area (Å²) in [6.07, 6.45) is 2.29. The van der Waals surface area contributed by atoms with Crippen molar-refractivity contribution in [2.24, 2.45) is 5.73 Å². The largest absolute Gasteiger partial charge is 0.379 e. The number of amides is 2. The predicted octanol–water partition coefficient (Wildman–Crippen LogP) is -0.601. The van der Waals surface area contributed by atoms with Crippen molar-refractivity contribution in [2.75, 3.05) is 40.0 Å². The minimum atomic E-state index is -0.630. The summed E-state index contributed by atoms with van der Waals surface area (Å²) in [5.41, 5.74) is 5.26. The Balaban J connectivity index is 3.81. The molecule has 0 spiro atoms. The molecule has 0 saturated heterocycles. The van der Waals surface area contributed by atoms with E-state index in [1.54, 1.807) is 0 Å². The van der Waals surface area contributed by atoms with E-state index in [9.17, 15) is 9.59 Å². The maximum Gasteiger partial charge on any atom is 0.246 e. The Kier molecular flexibility index (Phi) is 12.1. The average Bonchev–Trinajstić information content (AvgIpc) is 2.41. The van der Waals surface area contributed by atoms with Crippen molar-refractivity contribution in [3.8, 4) is 0 Å². The number of hydrogen-bond donors (Lipinski definition) is 3. The van der Waals surface area contributed by atoms with Crippen molar-refractivity contribution in [3.05, 3.63) is 0 Å². The third-order valence-corrected chi connectivity index (χ3v) is 2.66. The molecule has 7 heteroatoms. The molecule has 0 aliphatic rings. The molecule has 0 heterocycles. The average molecular weight is 289 g/mol. The van der Waals surface area contributed by atoms with E-state index in [-0.39, 0.29) is 12.5 Å². The SMILES string of the molecule is CCOCCOCC(=O)N[C@@H](CCCCNC)C(N)=O. The van der Waals surface area contributed by atoms with Gasteiger partial charge in [-0.2, -0.15) is 0 Å². The van der Waals surface area contributed by atoms with E-state index in [0.717, 1.165) is 19.4 Å². The number of hydrogen-bond acceptors (Lipinski definition) is 5. The molecule has 0 aromatic carbocycles. The smallest absolute Gasteiger partial charge is 0.246 e. The zero-order valence-corrected chi connectivity index (χ0v) is 12.4. The molecule has 7 nitrogen and oxygen atoms in total. The Morgan fingerprint density at radius 2 is 1.90 bits per heavy atom. The van der Waals surface area contributed by atoms with Gasteiger partial charge in [-0.05, 0) is 39.8 Å². The van der Waals surface area contributed by atoms with Gasteiger partial charge in [-0.1, -0.05) is 0 Å². The van der Waals surface area contributed by atoms with Crippen LogP contribution in [0.25, 0.3) is 0 Å². The number of carbonyl (C=O) groups is 2. The molecule has 1 atom stereocenters. The van der Waals surface area contributed by atoms with Crippen molar-refractivity contribution in [3.63, 3.8) is 0 Å². The molecule has 0 aliphatic heterocycles. The molecule has 118 valence electrons. The van der Waals surface area contributed by atoms with Crippen molar-refractivity contribution in [1.82, 2.24) is 10.6 Å². The predicted molar refractivity (Wildman–Crippen MR) is 76.2 cm³/mol. The van der Waals surface area contributed by atoms with Crippen molar-refractivity contribution >= 4 is 11.8 Å². The summed E-state index contributed by atoms with van der Waals surface area (Å²) in [5, 5.41) is 5.61. The highest BCUT2D eigenvalue weighted by atomic mass is 16.5. The van der Waals surface area contributed by atoms with E-state index in [0.29, 0.717) is 26.2 Å². The molecule has 0 saturated carbocycles. The molecule has 0 aromatic rings. The van der Waals surface area contributed by atoms with Crippen molar-refractivity contribution < 1.29 is 19.1 Å². The monoisotopic (exact) mass is 289 g/mol. The Bertz CT molecular complexity index is 274. The minimum Gasteiger partial charge on any atom is -0.379 e. The fourth-order valence-corrected chi connectivity index (χ4v) is 1.60. The molecule has 20 heavy (non-hydrogen) atoms. The second kappa shape index (κ2) is 12.8. The highest BCUT2D eigenvalue weighted by Gasteiger charge is 2.17. The summed E-state index contributed by atoms with van der Waals surface area (Å²) < 4.78 is 10.2. The van der Waals surface area contributed by atoms with Gasteiger partial charge in [-0.15, -0.1) is 0 Å². The van der Waals surface area contributed by atoms with Gasteiger partial charge in [0.2, 0.25) is 11.8 Å². The molecule has 0 radical (unpaired) electrons. The van der Waals surface area contributed by atoms with Crippen LogP contribution in [-0.2, 0) is 19.1 Å². The van der Waals surface area contributed by atoms with E-state index in [1.807, 2.05) is 14.0 Å². The lowest BCUT2D eigenvalue weighted by Gasteiger charge is -2.15. The molecular formula is C13H27N3O4. The van der Waals surface area contributed by atoms with Crippen LogP contribution in [0.4, 0.5) is 0 Å². The summed E-state index contributed by atoms with van der Waals surface area (Å²) >= 11 is 0. The van der Waals surface area contributed by atoms with Gasteiger partial charge in [0.25, 0.3) is 0 Å². The van der Waals surface area contributed by atoms with Crippen LogP contribution in [-0.4, -0.2) is 57.9 Å². The summed E-state index contributed by atoms with van der Waals surface area (Å²) in [6, 6.07) is -0.630. The highest BCUT2D eigenvalue weighted by Crippen LogP contribution is 2.00. The lowest BCUT2D eigenvalue weighted by molar-refractivity contribution is -0.130. The minimum absolute atomic E-state index is 0.0899. The number of nitrogens with two attached hydrogens (primary N) is 1. The van der Waals surface area contributed by atoms with Gasteiger partial charge >= 0.3 is 0 Å². The number of ether oxygens (including phenoxy) is 2. The van der Waals surface area contributed by atoms with Gasteiger partial charge in [0, 0.05) is 6.61 Å². The number of primary amides is 1. The van der Waals surface area contributed by atoms with E-state index in [2.05, 4.69) is 10.6 Å². The Hall–Kier alpha value is -1.18. The molecule has 0 aromatic heterocycles. The maximum atomic E-state index is 11.6. The van der Waals surface area contributed by atoms with Crippen LogP contribution >= 0.6 is 0 Å². The van der Waals surface area contributed by atoms with Crippen molar-refractivity contribution in [1.29, 1.82) is 0 Å². The van der Waals surface area contributed by atoms with E-state index >= 15 is 0 Å². The molecule has 0 rings (SSSR count). The van der Waals surface area contributed by atoms with Crippen LogP contribution in [0.5, 0.6) is 0 Å². The van der Waals surface area contributed by atoms with E-state index in [1.165, 1.54) is 0 Å². The van der Waals surface area contributed by atoms with Gasteiger partial charge in [0.15, 0.2) is 0 Å². The zero-order valence-electron chi connectivity index (χ0n) is 12.4. The third kappa shape index (κ3) is 10.7.